The fraction of sp³-hybridized carbons (Fsp3) is 0.900. The fourth-order valence-corrected chi connectivity index (χ4v) is 1.62. The summed E-state index contributed by atoms with van der Waals surface area (Å²) in [6.07, 6.45) is 2.95. The number of hydrogen-bond donors (Lipinski definition) is 1. The Bertz CT molecular complexity index is 168. The molecular weight excluding hydrogens is 180 g/mol. The third kappa shape index (κ3) is 4.07. The first-order valence-corrected chi connectivity index (χ1v) is 5.32. The highest BCUT2D eigenvalue weighted by Crippen LogP contribution is 2.08. The summed E-state index contributed by atoms with van der Waals surface area (Å²) in [7, 11) is 1.68. The van der Waals surface area contributed by atoms with Crippen molar-refractivity contribution in [3.63, 3.8) is 0 Å². The Morgan fingerprint density at radius 2 is 2.07 bits per heavy atom. The second-order valence-electron chi connectivity index (χ2n) is 3.58. The van der Waals surface area contributed by atoms with Crippen LogP contribution >= 0.6 is 0 Å². The molecule has 0 aliphatic carbocycles. The van der Waals surface area contributed by atoms with Gasteiger partial charge < -0.3 is 15.0 Å². The van der Waals surface area contributed by atoms with E-state index in [1.165, 1.54) is 12.8 Å². The number of rotatable bonds is 6. The molecular formula is C10H20N2O2. The number of nitrogens with one attached hydrogen (secondary N) is 1. The second kappa shape index (κ2) is 6.79. The summed E-state index contributed by atoms with van der Waals surface area (Å²) in [5, 5.41) is 3.17. The maximum Gasteiger partial charge on any atom is 0.223 e. The minimum Gasteiger partial charge on any atom is -0.383 e. The molecule has 0 aromatic carbocycles. The Labute approximate surface area is 85.6 Å². The molecule has 0 aromatic heterocycles. The van der Waals surface area contributed by atoms with E-state index >= 15 is 0 Å². The van der Waals surface area contributed by atoms with Crippen LogP contribution in [0, 0.1) is 0 Å². The maximum atomic E-state index is 11.5. The summed E-state index contributed by atoms with van der Waals surface area (Å²) in [6, 6.07) is 0. The summed E-state index contributed by atoms with van der Waals surface area (Å²) in [5.41, 5.74) is 0. The van der Waals surface area contributed by atoms with Gasteiger partial charge in [0.2, 0.25) is 5.91 Å². The molecule has 0 aromatic rings. The molecule has 14 heavy (non-hydrogen) atoms. The van der Waals surface area contributed by atoms with Crippen LogP contribution in [0.3, 0.4) is 0 Å². The minimum absolute atomic E-state index is 0.285. The van der Waals surface area contributed by atoms with Crippen molar-refractivity contribution in [3.8, 4) is 0 Å². The zero-order valence-corrected chi connectivity index (χ0v) is 8.92. The molecule has 1 rings (SSSR count). The lowest BCUT2D eigenvalue weighted by atomic mass is 10.3. The van der Waals surface area contributed by atoms with Crippen LogP contribution in [0.25, 0.3) is 0 Å². The Balaban J connectivity index is 1.97. The number of likely N-dealkylation sites (tertiary alicyclic amines) is 1. The predicted octanol–water partition coefficient (Wildman–Crippen LogP) is 0.235. The van der Waals surface area contributed by atoms with Crippen molar-refractivity contribution in [1.29, 1.82) is 0 Å². The van der Waals surface area contributed by atoms with Gasteiger partial charge in [-0.05, 0) is 12.8 Å². The van der Waals surface area contributed by atoms with Crippen LogP contribution in [-0.4, -0.2) is 50.7 Å². The average molecular weight is 200 g/mol. The van der Waals surface area contributed by atoms with Gasteiger partial charge in [0.15, 0.2) is 0 Å². The molecule has 0 spiro atoms. The van der Waals surface area contributed by atoms with E-state index in [0.717, 1.165) is 26.2 Å². The van der Waals surface area contributed by atoms with Crippen molar-refractivity contribution in [1.82, 2.24) is 10.2 Å². The highest BCUT2D eigenvalue weighted by Gasteiger charge is 2.16. The highest BCUT2D eigenvalue weighted by atomic mass is 16.5. The van der Waals surface area contributed by atoms with E-state index in [0.29, 0.717) is 13.0 Å². The topological polar surface area (TPSA) is 41.6 Å². The molecule has 4 nitrogen and oxygen atoms in total. The van der Waals surface area contributed by atoms with Crippen LogP contribution in [0.1, 0.15) is 19.3 Å². The van der Waals surface area contributed by atoms with Gasteiger partial charge in [0.25, 0.3) is 0 Å². The van der Waals surface area contributed by atoms with E-state index in [-0.39, 0.29) is 5.91 Å². The molecule has 82 valence electrons. The third-order valence-electron chi connectivity index (χ3n) is 2.46. The lowest BCUT2D eigenvalue weighted by Gasteiger charge is -2.14. The normalized spacial score (nSPS) is 16.2. The number of ether oxygens (including phenoxy) is 1. The quantitative estimate of drug-likeness (QED) is 0.624. The number of carbonyl (C=O) groups excluding carboxylic acids is 1. The molecule has 0 unspecified atom stereocenters. The Kier molecular flexibility index (Phi) is 5.56. The van der Waals surface area contributed by atoms with Gasteiger partial charge in [0, 0.05) is 39.7 Å². The lowest BCUT2D eigenvalue weighted by molar-refractivity contribution is -0.130. The second-order valence-corrected chi connectivity index (χ2v) is 3.58. The zero-order chi connectivity index (χ0) is 10.2. The lowest BCUT2D eigenvalue weighted by Crippen LogP contribution is -2.31. The molecule has 1 aliphatic rings. The summed E-state index contributed by atoms with van der Waals surface area (Å²) < 4.78 is 4.89. The molecule has 0 atom stereocenters. The number of amides is 1. The van der Waals surface area contributed by atoms with Gasteiger partial charge in [-0.2, -0.15) is 0 Å². The SMILES string of the molecule is COCCNCCC(=O)N1CCCC1. The van der Waals surface area contributed by atoms with Crippen LogP contribution < -0.4 is 5.32 Å². The number of hydrogen-bond acceptors (Lipinski definition) is 3. The van der Waals surface area contributed by atoms with Crippen molar-refractivity contribution < 1.29 is 9.53 Å². The van der Waals surface area contributed by atoms with Crippen LogP contribution in [0.2, 0.25) is 0 Å². The molecule has 1 aliphatic heterocycles. The first-order valence-electron chi connectivity index (χ1n) is 5.32. The molecule has 0 radical (unpaired) electrons. The van der Waals surface area contributed by atoms with E-state index in [4.69, 9.17) is 4.74 Å². The van der Waals surface area contributed by atoms with Crippen molar-refractivity contribution in [2.75, 3.05) is 39.9 Å². The van der Waals surface area contributed by atoms with Crippen LogP contribution in [0.15, 0.2) is 0 Å². The standard InChI is InChI=1S/C10H20N2O2/c1-14-9-6-11-5-4-10(13)12-7-2-3-8-12/h11H,2-9H2,1H3. The predicted molar refractivity (Wildman–Crippen MR) is 55.2 cm³/mol. The van der Waals surface area contributed by atoms with Crippen molar-refractivity contribution >= 4 is 5.91 Å². The van der Waals surface area contributed by atoms with Gasteiger partial charge in [-0.25, -0.2) is 0 Å². The Morgan fingerprint density at radius 1 is 1.36 bits per heavy atom. The van der Waals surface area contributed by atoms with Crippen molar-refractivity contribution in [3.05, 3.63) is 0 Å². The molecule has 1 amide bonds. The zero-order valence-electron chi connectivity index (χ0n) is 8.92. The molecule has 0 saturated carbocycles. The van der Waals surface area contributed by atoms with Crippen molar-refractivity contribution in [2.24, 2.45) is 0 Å². The molecule has 1 saturated heterocycles. The third-order valence-corrected chi connectivity index (χ3v) is 2.46. The molecule has 1 heterocycles. The fourth-order valence-electron chi connectivity index (χ4n) is 1.62. The Morgan fingerprint density at radius 3 is 2.71 bits per heavy atom. The van der Waals surface area contributed by atoms with Gasteiger partial charge in [-0.15, -0.1) is 0 Å². The minimum atomic E-state index is 0.285. The molecule has 4 heteroatoms. The van der Waals surface area contributed by atoms with E-state index < -0.39 is 0 Å². The van der Waals surface area contributed by atoms with Gasteiger partial charge in [-0.1, -0.05) is 0 Å². The number of nitrogens with zero attached hydrogens (tertiary/aromatic N) is 1. The molecule has 1 N–H and O–H groups in total. The smallest absolute Gasteiger partial charge is 0.223 e. The molecule has 0 bridgehead atoms. The average Bonchev–Trinajstić information content (AvgIpc) is 2.70. The maximum absolute atomic E-state index is 11.5. The van der Waals surface area contributed by atoms with Gasteiger partial charge in [-0.3, -0.25) is 4.79 Å². The Hall–Kier alpha value is -0.610. The van der Waals surface area contributed by atoms with Crippen molar-refractivity contribution in [2.45, 2.75) is 19.3 Å². The van der Waals surface area contributed by atoms with E-state index in [2.05, 4.69) is 5.32 Å². The summed E-state index contributed by atoms with van der Waals surface area (Å²) in [6.45, 7) is 4.20. The monoisotopic (exact) mass is 200 g/mol. The summed E-state index contributed by atoms with van der Waals surface area (Å²) >= 11 is 0. The van der Waals surface area contributed by atoms with Crippen LogP contribution in [0.5, 0.6) is 0 Å². The van der Waals surface area contributed by atoms with Gasteiger partial charge in [0.1, 0.15) is 0 Å². The summed E-state index contributed by atoms with van der Waals surface area (Å²) in [4.78, 5) is 13.5. The first-order chi connectivity index (χ1) is 6.84. The number of methoxy groups -OCH3 is 1. The number of carbonyl (C=O) groups is 1. The first kappa shape index (κ1) is 11.5. The summed E-state index contributed by atoms with van der Waals surface area (Å²) in [5.74, 6) is 0.285. The van der Waals surface area contributed by atoms with Crippen LogP contribution in [-0.2, 0) is 9.53 Å². The van der Waals surface area contributed by atoms with Gasteiger partial charge >= 0.3 is 0 Å². The van der Waals surface area contributed by atoms with E-state index in [1.807, 2.05) is 4.90 Å². The van der Waals surface area contributed by atoms with Gasteiger partial charge in [0.05, 0.1) is 6.61 Å². The van der Waals surface area contributed by atoms with E-state index in [9.17, 15) is 4.79 Å². The highest BCUT2D eigenvalue weighted by molar-refractivity contribution is 5.76. The van der Waals surface area contributed by atoms with E-state index in [1.54, 1.807) is 7.11 Å². The largest absolute Gasteiger partial charge is 0.383 e. The molecule has 1 fully saturated rings. The van der Waals surface area contributed by atoms with Crippen LogP contribution in [0.4, 0.5) is 0 Å².